The van der Waals surface area contributed by atoms with Gasteiger partial charge in [0.05, 0.1) is 12.5 Å². The van der Waals surface area contributed by atoms with Gasteiger partial charge in [-0.25, -0.2) is 0 Å². The number of esters is 1. The largest absolute Gasteiger partial charge is 0.466 e. The number of carbonyl (C=O) groups is 2. The number of nitrogens with one attached hydrogen (secondary N) is 1. The summed E-state index contributed by atoms with van der Waals surface area (Å²) < 4.78 is 5.02. The molecule has 1 rings (SSSR count). The summed E-state index contributed by atoms with van der Waals surface area (Å²) in [5.41, 5.74) is 0. The van der Waals surface area contributed by atoms with Gasteiger partial charge in [0.2, 0.25) is 5.91 Å². The van der Waals surface area contributed by atoms with E-state index in [2.05, 4.69) is 5.32 Å². The molecule has 0 aromatic rings. The van der Waals surface area contributed by atoms with Crippen LogP contribution in [-0.2, 0) is 14.3 Å². The molecule has 104 valence electrons. The van der Waals surface area contributed by atoms with E-state index in [1.54, 1.807) is 0 Å². The molecule has 1 saturated carbocycles. The highest BCUT2D eigenvalue weighted by Gasteiger charge is 2.27. The van der Waals surface area contributed by atoms with Crippen molar-refractivity contribution in [2.45, 2.75) is 58.9 Å². The Morgan fingerprint density at radius 1 is 1.22 bits per heavy atom. The van der Waals surface area contributed by atoms with Gasteiger partial charge in [0.15, 0.2) is 0 Å². The van der Waals surface area contributed by atoms with E-state index in [1.807, 2.05) is 20.8 Å². The average molecular weight is 255 g/mol. The summed E-state index contributed by atoms with van der Waals surface area (Å²) in [6.07, 6.45) is 4.00. The molecule has 1 fully saturated rings. The molecule has 0 aromatic carbocycles. The summed E-state index contributed by atoms with van der Waals surface area (Å²) in [6.45, 7) is 6.36. The Morgan fingerprint density at radius 3 is 2.33 bits per heavy atom. The minimum atomic E-state index is -0.0792. The van der Waals surface area contributed by atoms with E-state index in [0.717, 1.165) is 25.7 Å². The predicted octanol–water partition coefficient (Wildman–Crippen LogP) is 2.27. The molecule has 18 heavy (non-hydrogen) atoms. The summed E-state index contributed by atoms with van der Waals surface area (Å²) in [6, 6.07) is 0.238. The van der Waals surface area contributed by atoms with Crippen LogP contribution in [0, 0.1) is 11.8 Å². The van der Waals surface area contributed by atoms with Crippen LogP contribution in [0.4, 0.5) is 0 Å². The molecule has 0 saturated heterocycles. The van der Waals surface area contributed by atoms with Crippen molar-refractivity contribution in [3.63, 3.8) is 0 Å². The lowest BCUT2D eigenvalue weighted by Crippen LogP contribution is -2.39. The lowest BCUT2D eigenvalue weighted by molar-refractivity contribution is -0.149. The van der Waals surface area contributed by atoms with E-state index in [-0.39, 0.29) is 23.8 Å². The van der Waals surface area contributed by atoms with Crippen molar-refractivity contribution in [2.24, 2.45) is 11.8 Å². The molecular formula is C14H25NO3. The molecule has 0 radical (unpaired) electrons. The minimum Gasteiger partial charge on any atom is -0.466 e. The normalized spacial score (nSPS) is 23.8. The average Bonchev–Trinajstić information content (AvgIpc) is 2.29. The molecule has 0 bridgehead atoms. The summed E-state index contributed by atoms with van der Waals surface area (Å²) in [5.74, 6) is 0.470. The third kappa shape index (κ3) is 5.07. The van der Waals surface area contributed by atoms with Crippen LogP contribution in [0.1, 0.15) is 52.9 Å². The van der Waals surface area contributed by atoms with Crippen LogP contribution in [0.25, 0.3) is 0 Å². The summed E-state index contributed by atoms with van der Waals surface area (Å²) in [5, 5.41) is 3.05. The zero-order valence-electron chi connectivity index (χ0n) is 11.7. The molecule has 1 amide bonds. The quantitative estimate of drug-likeness (QED) is 0.767. The smallest absolute Gasteiger partial charge is 0.308 e. The Labute approximate surface area is 109 Å². The van der Waals surface area contributed by atoms with Gasteiger partial charge in [0.25, 0.3) is 0 Å². The third-order valence-electron chi connectivity index (χ3n) is 3.31. The van der Waals surface area contributed by atoms with Crippen LogP contribution in [0.2, 0.25) is 0 Å². The maximum absolute atomic E-state index is 11.6. The van der Waals surface area contributed by atoms with Crippen molar-refractivity contribution in [3.05, 3.63) is 0 Å². The van der Waals surface area contributed by atoms with Gasteiger partial charge in [-0.3, -0.25) is 9.59 Å². The third-order valence-corrected chi connectivity index (χ3v) is 3.31. The number of hydrogen-bond donors (Lipinski definition) is 1. The number of carbonyl (C=O) groups excluding carboxylic acids is 2. The predicted molar refractivity (Wildman–Crippen MR) is 70.0 cm³/mol. The van der Waals surface area contributed by atoms with E-state index >= 15 is 0 Å². The van der Waals surface area contributed by atoms with Gasteiger partial charge in [0, 0.05) is 12.5 Å². The first kappa shape index (κ1) is 15.0. The summed E-state index contributed by atoms with van der Waals surface area (Å²) in [4.78, 5) is 23.2. The highest BCUT2D eigenvalue weighted by molar-refractivity contribution is 5.76. The van der Waals surface area contributed by atoms with Gasteiger partial charge < -0.3 is 10.1 Å². The highest BCUT2D eigenvalue weighted by atomic mass is 16.5. The molecular weight excluding hydrogens is 230 g/mol. The molecule has 0 unspecified atom stereocenters. The Kier molecular flexibility index (Phi) is 6.16. The second-order valence-corrected chi connectivity index (χ2v) is 5.47. The second-order valence-electron chi connectivity index (χ2n) is 5.47. The van der Waals surface area contributed by atoms with Crippen molar-refractivity contribution < 1.29 is 14.3 Å². The number of ether oxygens (including phenoxy) is 1. The molecule has 0 aliphatic heterocycles. The van der Waals surface area contributed by atoms with Crippen LogP contribution in [-0.4, -0.2) is 24.5 Å². The molecule has 1 aliphatic carbocycles. The van der Waals surface area contributed by atoms with Crippen LogP contribution >= 0.6 is 0 Å². The Morgan fingerprint density at radius 2 is 1.83 bits per heavy atom. The molecule has 0 atom stereocenters. The number of amides is 1. The van der Waals surface area contributed by atoms with Crippen LogP contribution in [0.15, 0.2) is 0 Å². The fourth-order valence-electron chi connectivity index (χ4n) is 2.39. The van der Waals surface area contributed by atoms with Crippen LogP contribution in [0.3, 0.4) is 0 Å². The van der Waals surface area contributed by atoms with E-state index in [0.29, 0.717) is 18.9 Å². The molecule has 4 nitrogen and oxygen atoms in total. The van der Waals surface area contributed by atoms with Crippen LogP contribution < -0.4 is 5.32 Å². The van der Waals surface area contributed by atoms with Crippen molar-refractivity contribution >= 4 is 11.9 Å². The fraction of sp³-hybridized carbons (Fsp3) is 0.857. The van der Waals surface area contributed by atoms with Gasteiger partial charge in [-0.1, -0.05) is 13.8 Å². The fourth-order valence-corrected chi connectivity index (χ4v) is 2.39. The molecule has 0 aromatic heterocycles. The Balaban J connectivity index is 2.27. The molecule has 1 N–H and O–H groups in total. The topological polar surface area (TPSA) is 55.4 Å². The maximum Gasteiger partial charge on any atom is 0.308 e. The standard InChI is InChI=1S/C14H25NO3/c1-4-18-14(17)11-5-7-12(8-6-11)15-13(16)9-10(2)3/h10-12H,4-9H2,1-3H3,(H,15,16). The van der Waals surface area contributed by atoms with Gasteiger partial charge in [-0.05, 0) is 38.5 Å². The summed E-state index contributed by atoms with van der Waals surface area (Å²) >= 11 is 0. The molecule has 4 heteroatoms. The highest BCUT2D eigenvalue weighted by Crippen LogP contribution is 2.25. The van der Waals surface area contributed by atoms with E-state index < -0.39 is 0 Å². The SMILES string of the molecule is CCOC(=O)C1CCC(NC(=O)CC(C)C)CC1. The zero-order chi connectivity index (χ0) is 13.5. The first-order valence-electron chi connectivity index (χ1n) is 6.99. The Hall–Kier alpha value is -1.06. The molecule has 0 spiro atoms. The Bertz CT molecular complexity index is 281. The number of rotatable bonds is 5. The van der Waals surface area contributed by atoms with E-state index in [9.17, 15) is 9.59 Å². The first-order valence-corrected chi connectivity index (χ1v) is 6.99. The summed E-state index contributed by atoms with van der Waals surface area (Å²) in [7, 11) is 0. The van der Waals surface area contributed by atoms with Crippen LogP contribution in [0.5, 0.6) is 0 Å². The van der Waals surface area contributed by atoms with Gasteiger partial charge in [-0.15, -0.1) is 0 Å². The lowest BCUT2D eigenvalue weighted by atomic mass is 9.86. The van der Waals surface area contributed by atoms with Crippen molar-refractivity contribution in [1.82, 2.24) is 5.32 Å². The van der Waals surface area contributed by atoms with E-state index in [4.69, 9.17) is 4.74 Å². The maximum atomic E-state index is 11.6. The minimum absolute atomic E-state index is 0.0307. The van der Waals surface area contributed by atoms with E-state index in [1.165, 1.54) is 0 Å². The van der Waals surface area contributed by atoms with Gasteiger partial charge in [0.1, 0.15) is 0 Å². The van der Waals surface area contributed by atoms with Crippen molar-refractivity contribution in [2.75, 3.05) is 6.61 Å². The monoisotopic (exact) mass is 255 g/mol. The lowest BCUT2D eigenvalue weighted by Gasteiger charge is -2.28. The van der Waals surface area contributed by atoms with Gasteiger partial charge >= 0.3 is 5.97 Å². The van der Waals surface area contributed by atoms with Crippen molar-refractivity contribution in [1.29, 1.82) is 0 Å². The number of hydrogen-bond acceptors (Lipinski definition) is 3. The molecule has 1 aliphatic rings. The first-order chi connectivity index (χ1) is 8.52. The molecule has 0 heterocycles. The van der Waals surface area contributed by atoms with Gasteiger partial charge in [-0.2, -0.15) is 0 Å². The van der Waals surface area contributed by atoms with Crippen molar-refractivity contribution in [3.8, 4) is 0 Å². The zero-order valence-corrected chi connectivity index (χ0v) is 11.7. The second kappa shape index (κ2) is 7.39.